The first-order valence-electron chi connectivity index (χ1n) is 5.92. The van der Waals surface area contributed by atoms with Crippen molar-refractivity contribution < 1.29 is 22.3 Å². The third-order valence-corrected chi connectivity index (χ3v) is 2.86. The zero-order valence-electron chi connectivity index (χ0n) is 10.7. The van der Waals surface area contributed by atoms with Gasteiger partial charge in [0, 0.05) is 11.6 Å². The van der Waals surface area contributed by atoms with Gasteiger partial charge in [0.1, 0.15) is 18.2 Å². The van der Waals surface area contributed by atoms with Gasteiger partial charge in [-0.05, 0) is 24.6 Å². The Labute approximate surface area is 113 Å². The first kappa shape index (κ1) is 14.4. The van der Waals surface area contributed by atoms with Gasteiger partial charge in [0.05, 0.1) is 5.56 Å². The molecule has 2 aromatic carbocycles. The maximum absolute atomic E-state index is 13.1. The van der Waals surface area contributed by atoms with E-state index in [1.165, 1.54) is 30.3 Å². The molecule has 2 rings (SSSR count). The molecule has 0 aliphatic rings. The zero-order valence-corrected chi connectivity index (χ0v) is 10.7. The summed E-state index contributed by atoms with van der Waals surface area (Å²) in [5, 5.41) is 0. The third kappa shape index (κ3) is 3.29. The van der Waals surface area contributed by atoms with E-state index >= 15 is 0 Å². The van der Waals surface area contributed by atoms with Crippen molar-refractivity contribution in [1.82, 2.24) is 0 Å². The highest BCUT2D eigenvalue weighted by atomic mass is 19.4. The molecular weight excluding hydrogens is 272 g/mol. The van der Waals surface area contributed by atoms with Crippen LogP contribution >= 0.6 is 0 Å². The van der Waals surface area contributed by atoms with Crippen molar-refractivity contribution in [2.24, 2.45) is 0 Å². The number of rotatable bonds is 3. The lowest BCUT2D eigenvalue weighted by Gasteiger charge is -2.14. The molecule has 0 aromatic heterocycles. The highest BCUT2D eigenvalue weighted by molar-refractivity contribution is 5.34. The maximum atomic E-state index is 13.1. The van der Waals surface area contributed by atoms with E-state index in [2.05, 4.69) is 0 Å². The molecule has 0 atom stereocenters. The van der Waals surface area contributed by atoms with Crippen molar-refractivity contribution in [3.8, 4) is 5.75 Å². The third-order valence-electron chi connectivity index (χ3n) is 2.86. The molecule has 0 saturated carbocycles. The van der Waals surface area contributed by atoms with E-state index in [-0.39, 0.29) is 17.9 Å². The Morgan fingerprint density at radius 1 is 1.05 bits per heavy atom. The van der Waals surface area contributed by atoms with Gasteiger partial charge in [0.2, 0.25) is 0 Å². The number of benzene rings is 2. The van der Waals surface area contributed by atoms with Crippen LogP contribution in [-0.4, -0.2) is 0 Å². The van der Waals surface area contributed by atoms with Crippen LogP contribution in [0.2, 0.25) is 0 Å². The van der Waals surface area contributed by atoms with Crippen LogP contribution < -0.4 is 4.74 Å². The second-order valence-electron chi connectivity index (χ2n) is 4.35. The first-order valence-corrected chi connectivity index (χ1v) is 5.92. The SMILES string of the molecule is Cc1ccc(F)cc1OCc1ccccc1C(F)(F)F. The molecule has 106 valence electrons. The van der Waals surface area contributed by atoms with Crippen LogP contribution in [0.5, 0.6) is 5.75 Å². The summed E-state index contributed by atoms with van der Waals surface area (Å²) >= 11 is 0. The van der Waals surface area contributed by atoms with Crippen LogP contribution in [0.3, 0.4) is 0 Å². The van der Waals surface area contributed by atoms with Gasteiger partial charge < -0.3 is 4.74 Å². The van der Waals surface area contributed by atoms with Gasteiger partial charge in [-0.15, -0.1) is 0 Å². The molecule has 2 aromatic rings. The van der Waals surface area contributed by atoms with E-state index in [0.717, 1.165) is 12.1 Å². The average Bonchev–Trinajstić information content (AvgIpc) is 2.39. The standard InChI is InChI=1S/C15H12F4O/c1-10-6-7-12(16)8-14(10)20-9-11-4-2-3-5-13(11)15(17,18)19/h2-8H,9H2,1H3. The average molecular weight is 284 g/mol. The summed E-state index contributed by atoms with van der Waals surface area (Å²) < 4.78 is 56.8. The molecular formula is C15H12F4O. The van der Waals surface area contributed by atoms with Crippen molar-refractivity contribution in [2.45, 2.75) is 19.7 Å². The molecule has 0 bridgehead atoms. The van der Waals surface area contributed by atoms with Crippen molar-refractivity contribution in [3.05, 3.63) is 65.0 Å². The lowest BCUT2D eigenvalue weighted by atomic mass is 10.1. The molecule has 0 aliphatic carbocycles. The van der Waals surface area contributed by atoms with Crippen LogP contribution in [0.4, 0.5) is 17.6 Å². The summed E-state index contributed by atoms with van der Waals surface area (Å²) in [6.07, 6.45) is -4.43. The largest absolute Gasteiger partial charge is 0.489 e. The molecule has 20 heavy (non-hydrogen) atoms. The maximum Gasteiger partial charge on any atom is 0.416 e. The Kier molecular flexibility index (Phi) is 3.97. The minimum atomic E-state index is -4.43. The summed E-state index contributed by atoms with van der Waals surface area (Å²) in [6, 6.07) is 9.11. The minimum absolute atomic E-state index is 0.0173. The topological polar surface area (TPSA) is 9.23 Å². The van der Waals surface area contributed by atoms with Crippen LogP contribution in [0.25, 0.3) is 0 Å². The Hall–Kier alpha value is -2.04. The molecule has 0 unspecified atom stereocenters. The van der Waals surface area contributed by atoms with Crippen LogP contribution in [-0.2, 0) is 12.8 Å². The fraction of sp³-hybridized carbons (Fsp3) is 0.200. The molecule has 5 heteroatoms. The Morgan fingerprint density at radius 3 is 2.45 bits per heavy atom. The quantitative estimate of drug-likeness (QED) is 0.740. The summed E-state index contributed by atoms with van der Waals surface area (Å²) in [5.41, 5.74) is -0.0615. The summed E-state index contributed by atoms with van der Waals surface area (Å²) in [7, 11) is 0. The highest BCUT2D eigenvalue weighted by Crippen LogP contribution is 2.32. The zero-order chi connectivity index (χ0) is 14.8. The summed E-state index contributed by atoms with van der Waals surface area (Å²) in [5.74, 6) is -0.253. The molecule has 0 N–H and O–H groups in total. The summed E-state index contributed by atoms with van der Waals surface area (Å²) in [4.78, 5) is 0. The van der Waals surface area contributed by atoms with Crippen molar-refractivity contribution in [3.63, 3.8) is 0 Å². The van der Waals surface area contributed by atoms with Crippen LogP contribution in [0.15, 0.2) is 42.5 Å². The van der Waals surface area contributed by atoms with Crippen LogP contribution in [0.1, 0.15) is 16.7 Å². The Bertz CT molecular complexity index is 605. The molecule has 1 nitrogen and oxygen atoms in total. The molecule has 0 fully saturated rings. The highest BCUT2D eigenvalue weighted by Gasteiger charge is 2.32. The molecule has 0 aliphatic heterocycles. The van der Waals surface area contributed by atoms with E-state index in [9.17, 15) is 17.6 Å². The lowest BCUT2D eigenvalue weighted by Crippen LogP contribution is -2.11. The van der Waals surface area contributed by atoms with Crippen molar-refractivity contribution in [2.75, 3.05) is 0 Å². The van der Waals surface area contributed by atoms with E-state index in [0.29, 0.717) is 5.56 Å². The summed E-state index contributed by atoms with van der Waals surface area (Å²) in [6.45, 7) is 1.43. The smallest absolute Gasteiger partial charge is 0.416 e. The molecule has 0 amide bonds. The molecule has 0 saturated heterocycles. The number of hydrogen-bond donors (Lipinski definition) is 0. The van der Waals surface area contributed by atoms with E-state index in [4.69, 9.17) is 4.74 Å². The van der Waals surface area contributed by atoms with Crippen molar-refractivity contribution in [1.29, 1.82) is 0 Å². The molecule has 0 spiro atoms. The lowest BCUT2D eigenvalue weighted by molar-refractivity contribution is -0.138. The second kappa shape index (κ2) is 5.53. The number of aryl methyl sites for hydroxylation is 1. The molecule has 0 radical (unpaired) electrons. The number of ether oxygens (including phenoxy) is 1. The van der Waals surface area contributed by atoms with Gasteiger partial charge in [-0.1, -0.05) is 24.3 Å². The van der Waals surface area contributed by atoms with Gasteiger partial charge in [-0.3, -0.25) is 0 Å². The van der Waals surface area contributed by atoms with E-state index < -0.39 is 17.6 Å². The van der Waals surface area contributed by atoms with E-state index in [1.807, 2.05) is 0 Å². The predicted octanol–water partition coefficient (Wildman–Crippen LogP) is 4.73. The molecule has 0 heterocycles. The monoisotopic (exact) mass is 284 g/mol. The number of hydrogen-bond acceptors (Lipinski definition) is 1. The van der Waals surface area contributed by atoms with Crippen LogP contribution in [0, 0.1) is 12.7 Å². The van der Waals surface area contributed by atoms with Gasteiger partial charge in [-0.2, -0.15) is 13.2 Å². The number of alkyl halides is 3. The second-order valence-corrected chi connectivity index (χ2v) is 4.35. The normalized spacial score (nSPS) is 11.4. The minimum Gasteiger partial charge on any atom is -0.489 e. The number of halogens is 4. The fourth-order valence-corrected chi connectivity index (χ4v) is 1.81. The van der Waals surface area contributed by atoms with Gasteiger partial charge in [0.25, 0.3) is 0 Å². The Morgan fingerprint density at radius 2 is 1.75 bits per heavy atom. The first-order chi connectivity index (χ1) is 9.38. The van der Waals surface area contributed by atoms with Gasteiger partial charge >= 0.3 is 6.18 Å². The van der Waals surface area contributed by atoms with Crippen molar-refractivity contribution >= 4 is 0 Å². The van der Waals surface area contributed by atoms with E-state index in [1.54, 1.807) is 6.92 Å². The Balaban J connectivity index is 2.21. The van der Waals surface area contributed by atoms with Gasteiger partial charge in [-0.25, -0.2) is 4.39 Å². The van der Waals surface area contributed by atoms with Gasteiger partial charge in [0.15, 0.2) is 0 Å². The fourth-order valence-electron chi connectivity index (χ4n) is 1.81. The predicted molar refractivity (Wildman–Crippen MR) is 66.9 cm³/mol.